The molecule has 0 aromatic heterocycles. The van der Waals surface area contributed by atoms with Crippen LogP contribution in [-0.2, 0) is 4.79 Å². The minimum absolute atomic E-state index is 0.175. The van der Waals surface area contributed by atoms with Crippen LogP contribution in [0.3, 0.4) is 0 Å². The molecule has 0 unspecified atom stereocenters. The predicted octanol–water partition coefficient (Wildman–Crippen LogP) is 3.79. The van der Waals surface area contributed by atoms with Gasteiger partial charge in [-0.15, -0.1) is 0 Å². The molecule has 0 bridgehead atoms. The molecule has 0 saturated carbocycles. The Hall–Kier alpha value is -2.49. The number of anilines is 1. The van der Waals surface area contributed by atoms with Gasteiger partial charge in [-0.3, -0.25) is 4.79 Å². The van der Waals surface area contributed by atoms with Crippen molar-refractivity contribution in [2.75, 3.05) is 18.0 Å². The van der Waals surface area contributed by atoms with Crippen molar-refractivity contribution in [1.82, 2.24) is 5.32 Å². The summed E-state index contributed by atoms with van der Waals surface area (Å²) in [4.78, 5) is 13.0. The van der Waals surface area contributed by atoms with Crippen LogP contribution in [0, 0.1) is 0 Å². The van der Waals surface area contributed by atoms with Gasteiger partial charge >= 0.3 is 0 Å². The Labute approximate surface area is 145 Å². The summed E-state index contributed by atoms with van der Waals surface area (Å²) in [5, 5.41) is 2.55. The number of hydrogen-bond acceptors (Lipinski definition) is 3. The first-order valence-electron chi connectivity index (χ1n) is 8.95. The Balaban J connectivity index is 0.00000109. The molecule has 1 atom stereocenters. The molecular formula is C20H26N2O2. The molecule has 4 nitrogen and oxygen atoms in total. The van der Waals surface area contributed by atoms with Crippen molar-refractivity contribution in [3.05, 3.63) is 60.2 Å². The van der Waals surface area contributed by atoms with E-state index in [4.69, 9.17) is 6.11 Å². The number of ether oxygens (including phenoxy) is 1. The monoisotopic (exact) mass is 328 g/mol. The number of carbonyl (C=O) groups is 1. The molecule has 2 aromatic carbocycles. The van der Waals surface area contributed by atoms with Gasteiger partial charge in [-0.25, -0.2) is 0 Å². The van der Waals surface area contributed by atoms with Crippen molar-refractivity contribution in [2.24, 2.45) is 0 Å². The molecule has 1 saturated heterocycles. The molecule has 1 heterocycles. The molecular weight excluding hydrogens is 300 g/mol. The largest absolute Gasteiger partial charge is 0.487 e. The smallest absolute Gasteiger partial charge is 0.207 e. The molecule has 24 heavy (non-hydrogen) atoms. The highest BCUT2D eigenvalue weighted by molar-refractivity contribution is 5.49. The zero-order valence-electron chi connectivity index (χ0n) is 15.5. The fourth-order valence-electron chi connectivity index (χ4n) is 2.56. The standard InChI is InChI=1S/C18H20N2O2.C2H6/c1-14(19-13-21)15-7-9-17(10-8-15)22-18-11-20(12-18)16-5-3-2-4-6-16;1-2/h2-10,13-14,18H,11-12H2,1H3,(H,19,21);1-2H3/t14-;/m0./s1/i13T;. The van der Waals surface area contributed by atoms with E-state index in [9.17, 15) is 4.79 Å². The molecule has 0 spiro atoms. The molecule has 0 aliphatic carbocycles. The van der Waals surface area contributed by atoms with E-state index < -0.39 is 6.39 Å². The highest BCUT2D eigenvalue weighted by atomic mass is 16.5. The minimum atomic E-state index is -0.770. The molecule has 1 amide bonds. The second kappa shape index (κ2) is 8.96. The van der Waals surface area contributed by atoms with Gasteiger partial charge in [0.2, 0.25) is 6.39 Å². The van der Waals surface area contributed by atoms with Crippen LogP contribution in [0.4, 0.5) is 5.69 Å². The van der Waals surface area contributed by atoms with E-state index in [2.05, 4.69) is 22.3 Å². The SMILES string of the molecule is CC.[3H]C(=O)N[C@@H](C)c1ccc(OC2CN(c3ccccc3)C2)cc1. The second-order valence-corrected chi connectivity index (χ2v) is 5.52. The second-order valence-electron chi connectivity index (χ2n) is 5.52. The quantitative estimate of drug-likeness (QED) is 0.849. The lowest BCUT2D eigenvalue weighted by atomic mass is 10.1. The summed E-state index contributed by atoms with van der Waals surface area (Å²) in [6, 6.07) is 17.8. The van der Waals surface area contributed by atoms with Gasteiger partial charge in [-0.05, 0) is 36.8 Å². The number of nitrogens with one attached hydrogen (secondary N) is 1. The van der Waals surface area contributed by atoms with Gasteiger partial charge in [-0.2, -0.15) is 0 Å². The number of rotatable bonds is 5. The zero-order valence-corrected chi connectivity index (χ0v) is 14.5. The van der Waals surface area contributed by atoms with Crippen molar-refractivity contribution in [3.8, 4) is 5.75 Å². The van der Waals surface area contributed by atoms with E-state index in [0.717, 1.165) is 24.4 Å². The van der Waals surface area contributed by atoms with Gasteiger partial charge in [0, 0.05) is 5.69 Å². The number of amides is 1. The lowest BCUT2D eigenvalue weighted by molar-refractivity contribution is -0.110. The summed E-state index contributed by atoms with van der Waals surface area (Å²) in [6.45, 7) is 7.63. The van der Waals surface area contributed by atoms with Crippen LogP contribution < -0.4 is 15.0 Å². The molecule has 2 aromatic rings. The third-order valence-corrected chi connectivity index (χ3v) is 3.93. The molecule has 128 valence electrons. The van der Waals surface area contributed by atoms with Crippen LogP contribution in [0.1, 0.15) is 33.7 Å². The van der Waals surface area contributed by atoms with Gasteiger partial charge < -0.3 is 15.0 Å². The first kappa shape index (κ1) is 16.4. The summed E-state index contributed by atoms with van der Waals surface area (Å²) < 4.78 is 12.9. The molecule has 1 N–H and O–H groups in total. The van der Waals surface area contributed by atoms with Crippen LogP contribution in [0.5, 0.6) is 5.75 Å². The highest BCUT2D eigenvalue weighted by Gasteiger charge is 2.28. The average molecular weight is 328 g/mol. The maximum atomic E-state index is 10.8. The summed E-state index contributed by atoms with van der Waals surface area (Å²) in [5.74, 6) is 0.830. The molecule has 1 aliphatic heterocycles. The van der Waals surface area contributed by atoms with Crippen LogP contribution in [-0.4, -0.2) is 25.6 Å². The first-order chi connectivity index (χ1) is 12.1. The van der Waals surface area contributed by atoms with Crippen LogP contribution in [0.25, 0.3) is 0 Å². The Morgan fingerprint density at radius 3 is 2.38 bits per heavy atom. The topological polar surface area (TPSA) is 41.6 Å². The van der Waals surface area contributed by atoms with Crippen molar-refractivity contribution in [3.63, 3.8) is 0 Å². The van der Waals surface area contributed by atoms with E-state index >= 15 is 0 Å². The van der Waals surface area contributed by atoms with Gasteiger partial charge in [0.15, 0.2) is 0 Å². The van der Waals surface area contributed by atoms with Crippen LogP contribution in [0.2, 0.25) is 0 Å². The van der Waals surface area contributed by atoms with Crippen molar-refractivity contribution in [1.29, 1.82) is 0 Å². The molecule has 3 rings (SSSR count). The predicted molar refractivity (Wildman–Crippen MR) is 98.5 cm³/mol. The molecule has 1 fully saturated rings. The Kier molecular flexibility index (Phi) is 6.12. The van der Waals surface area contributed by atoms with E-state index in [1.54, 1.807) is 0 Å². The first-order valence-corrected chi connectivity index (χ1v) is 8.45. The Bertz CT molecular complexity index is 655. The van der Waals surface area contributed by atoms with Crippen molar-refractivity contribution < 1.29 is 10.9 Å². The number of benzene rings is 2. The number of para-hydroxylation sites is 1. The minimum Gasteiger partial charge on any atom is -0.487 e. The normalized spacial score (nSPS) is 15.3. The fraction of sp³-hybridized carbons (Fsp3) is 0.350. The number of nitrogens with zero attached hydrogens (tertiary/aromatic N) is 1. The molecule has 1 aliphatic rings. The van der Waals surface area contributed by atoms with Gasteiger partial charge in [0.1, 0.15) is 13.2 Å². The van der Waals surface area contributed by atoms with Crippen LogP contribution >= 0.6 is 0 Å². The van der Waals surface area contributed by atoms with Crippen LogP contribution in [0.15, 0.2) is 54.6 Å². The summed E-state index contributed by atoms with van der Waals surface area (Å²) in [7, 11) is 0. The maximum absolute atomic E-state index is 10.8. The van der Waals surface area contributed by atoms with Crippen molar-refractivity contribution in [2.45, 2.75) is 32.9 Å². The van der Waals surface area contributed by atoms with Gasteiger partial charge in [0.25, 0.3) is 0 Å². The number of hydrogen-bond donors (Lipinski definition) is 1. The lowest BCUT2D eigenvalue weighted by Gasteiger charge is -2.40. The Morgan fingerprint density at radius 1 is 1.17 bits per heavy atom. The molecule has 0 radical (unpaired) electrons. The van der Waals surface area contributed by atoms with E-state index in [1.165, 1.54) is 5.69 Å². The van der Waals surface area contributed by atoms with Gasteiger partial charge in [-0.1, -0.05) is 44.2 Å². The number of carbonyl (C=O) groups excluding carboxylic acids is 1. The Morgan fingerprint density at radius 2 is 1.79 bits per heavy atom. The maximum Gasteiger partial charge on any atom is 0.207 e. The third kappa shape index (κ3) is 4.51. The van der Waals surface area contributed by atoms with Crippen molar-refractivity contribution >= 4 is 12.1 Å². The summed E-state index contributed by atoms with van der Waals surface area (Å²) in [6.07, 6.45) is -0.570. The third-order valence-electron chi connectivity index (χ3n) is 3.93. The average Bonchev–Trinajstić information content (AvgIpc) is 2.60. The summed E-state index contributed by atoms with van der Waals surface area (Å²) >= 11 is 0. The lowest BCUT2D eigenvalue weighted by Crippen LogP contribution is -2.54. The van der Waals surface area contributed by atoms with E-state index in [-0.39, 0.29) is 12.1 Å². The fourth-order valence-corrected chi connectivity index (χ4v) is 2.56. The van der Waals surface area contributed by atoms with E-state index in [0.29, 0.717) is 0 Å². The highest BCUT2D eigenvalue weighted by Crippen LogP contribution is 2.24. The van der Waals surface area contributed by atoms with E-state index in [1.807, 2.05) is 63.2 Å². The molecule has 4 heteroatoms. The summed E-state index contributed by atoms with van der Waals surface area (Å²) in [5.41, 5.74) is 2.18. The van der Waals surface area contributed by atoms with Gasteiger partial charge in [0.05, 0.1) is 19.1 Å². The zero-order chi connectivity index (χ0) is 18.2.